The first kappa shape index (κ1) is 23.4. The van der Waals surface area contributed by atoms with Crippen LogP contribution in [0.4, 0.5) is 10.1 Å². The lowest BCUT2D eigenvalue weighted by molar-refractivity contribution is 0.462. The molecule has 9 heteroatoms. The molecular formula is C20H31FIN7. The van der Waals surface area contributed by atoms with Crippen LogP contribution in [0.3, 0.4) is 0 Å². The van der Waals surface area contributed by atoms with E-state index >= 15 is 0 Å². The van der Waals surface area contributed by atoms with Crippen molar-refractivity contribution < 1.29 is 4.39 Å². The number of aryl methyl sites for hydroxylation is 2. The number of aliphatic imine (C=N–C) groups is 1. The summed E-state index contributed by atoms with van der Waals surface area (Å²) in [4.78, 5) is 6.78. The fourth-order valence-electron chi connectivity index (χ4n) is 3.43. The number of hydrogen-bond donors (Lipinski definition) is 2. The van der Waals surface area contributed by atoms with Crippen molar-refractivity contribution in [3.63, 3.8) is 0 Å². The lowest BCUT2D eigenvalue weighted by Crippen LogP contribution is -2.51. The molecule has 1 unspecified atom stereocenters. The van der Waals surface area contributed by atoms with Crippen LogP contribution in [0.15, 0.2) is 23.2 Å². The molecule has 0 aliphatic carbocycles. The number of nitrogens with zero attached hydrogens (tertiary/aromatic N) is 5. The van der Waals surface area contributed by atoms with Gasteiger partial charge in [-0.2, -0.15) is 0 Å². The molecule has 2 N–H and O–H groups in total. The molecule has 1 atom stereocenters. The maximum absolute atomic E-state index is 14.3. The fourth-order valence-corrected chi connectivity index (χ4v) is 3.43. The molecule has 2 aromatic rings. The predicted octanol–water partition coefficient (Wildman–Crippen LogP) is 2.91. The predicted molar refractivity (Wildman–Crippen MR) is 125 cm³/mol. The Labute approximate surface area is 189 Å². The van der Waals surface area contributed by atoms with Crippen LogP contribution in [0.25, 0.3) is 0 Å². The lowest BCUT2D eigenvalue weighted by Gasteiger charge is -2.35. The molecule has 3 rings (SSSR count). The van der Waals surface area contributed by atoms with Gasteiger partial charge in [-0.15, -0.1) is 34.2 Å². The maximum atomic E-state index is 14.3. The van der Waals surface area contributed by atoms with E-state index in [-0.39, 0.29) is 35.8 Å². The molecule has 1 saturated heterocycles. The van der Waals surface area contributed by atoms with E-state index in [2.05, 4.69) is 30.7 Å². The molecule has 1 aromatic heterocycles. The molecule has 2 heterocycles. The van der Waals surface area contributed by atoms with Crippen LogP contribution in [0.2, 0.25) is 0 Å². The number of rotatable bonds is 5. The van der Waals surface area contributed by atoms with E-state index in [1.54, 1.807) is 6.07 Å². The van der Waals surface area contributed by atoms with Crippen molar-refractivity contribution in [2.45, 2.75) is 46.2 Å². The molecule has 29 heavy (non-hydrogen) atoms. The second kappa shape index (κ2) is 10.7. The van der Waals surface area contributed by atoms with E-state index in [1.165, 1.54) is 0 Å². The Bertz CT molecular complexity index is 836. The zero-order chi connectivity index (χ0) is 20.1. The summed E-state index contributed by atoms with van der Waals surface area (Å²) in [5, 5.41) is 15.0. The largest absolute Gasteiger partial charge is 0.367 e. The van der Waals surface area contributed by atoms with E-state index in [1.807, 2.05) is 44.5 Å². The zero-order valence-electron chi connectivity index (χ0n) is 17.6. The molecule has 160 valence electrons. The highest BCUT2D eigenvalue weighted by Crippen LogP contribution is 2.24. The number of hydrogen-bond acceptors (Lipinski definition) is 4. The average Bonchev–Trinajstić information content (AvgIpc) is 3.00. The summed E-state index contributed by atoms with van der Waals surface area (Å²) < 4.78 is 16.2. The van der Waals surface area contributed by atoms with Crippen molar-refractivity contribution in [1.82, 2.24) is 25.4 Å². The minimum absolute atomic E-state index is 0. The van der Waals surface area contributed by atoms with Gasteiger partial charge in [-0.3, -0.25) is 0 Å². The van der Waals surface area contributed by atoms with Gasteiger partial charge in [0.25, 0.3) is 0 Å². The van der Waals surface area contributed by atoms with E-state index in [0.29, 0.717) is 12.2 Å². The second-order valence-electron chi connectivity index (χ2n) is 7.30. The number of anilines is 1. The summed E-state index contributed by atoms with van der Waals surface area (Å²) in [6, 6.07) is 5.49. The highest BCUT2D eigenvalue weighted by atomic mass is 127. The first-order valence-corrected chi connectivity index (χ1v) is 9.88. The Morgan fingerprint density at radius 1 is 1.31 bits per heavy atom. The third-order valence-corrected chi connectivity index (χ3v) is 5.11. The molecule has 0 bridgehead atoms. The van der Waals surface area contributed by atoms with Gasteiger partial charge in [0.15, 0.2) is 11.8 Å². The van der Waals surface area contributed by atoms with Gasteiger partial charge in [0.1, 0.15) is 18.2 Å². The summed E-state index contributed by atoms with van der Waals surface area (Å²) >= 11 is 0. The quantitative estimate of drug-likeness (QED) is 0.364. The summed E-state index contributed by atoms with van der Waals surface area (Å²) in [6.45, 7) is 8.79. The summed E-state index contributed by atoms with van der Waals surface area (Å²) in [7, 11) is 1.94. The molecule has 7 nitrogen and oxygen atoms in total. The molecule has 0 spiro atoms. The van der Waals surface area contributed by atoms with Gasteiger partial charge in [-0.1, -0.05) is 6.07 Å². The third-order valence-electron chi connectivity index (χ3n) is 5.11. The summed E-state index contributed by atoms with van der Waals surface area (Å²) in [6.07, 6.45) is 2.03. The first-order chi connectivity index (χ1) is 13.5. The number of benzene rings is 1. The second-order valence-corrected chi connectivity index (χ2v) is 7.30. The highest BCUT2D eigenvalue weighted by Gasteiger charge is 2.23. The first-order valence-electron chi connectivity index (χ1n) is 9.88. The van der Waals surface area contributed by atoms with Crippen LogP contribution < -0.4 is 15.5 Å². The van der Waals surface area contributed by atoms with Crippen LogP contribution in [-0.4, -0.2) is 46.4 Å². The van der Waals surface area contributed by atoms with Crippen LogP contribution in [0.1, 0.15) is 37.0 Å². The van der Waals surface area contributed by atoms with Gasteiger partial charge in [0, 0.05) is 32.7 Å². The smallest absolute Gasteiger partial charge is 0.191 e. The van der Waals surface area contributed by atoms with Crippen molar-refractivity contribution in [3.8, 4) is 0 Å². The molecule has 1 aliphatic heterocycles. The minimum Gasteiger partial charge on any atom is -0.367 e. The van der Waals surface area contributed by atoms with E-state index in [0.717, 1.165) is 55.6 Å². The Morgan fingerprint density at radius 3 is 2.79 bits per heavy atom. The molecule has 1 aromatic carbocycles. The molecule has 0 amide bonds. The Balaban J connectivity index is 0.00000300. The standard InChI is InChI=1S/C20H30FN7.HI/c1-5-22-20(23-12-19-26-25-15(3)27(19)4)24-16-7-6-10-28(13-16)18-11-14(2)8-9-17(18)21;/h8-9,11,16H,5-7,10,12-13H2,1-4H3,(H2,22,23,24);1H. The summed E-state index contributed by atoms with van der Waals surface area (Å²) in [5.74, 6) is 2.28. The molecule has 0 radical (unpaired) electrons. The molecular weight excluding hydrogens is 484 g/mol. The van der Waals surface area contributed by atoms with Gasteiger partial charge in [0.2, 0.25) is 0 Å². The van der Waals surface area contributed by atoms with Gasteiger partial charge < -0.3 is 20.1 Å². The normalized spacial score (nSPS) is 17.1. The van der Waals surface area contributed by atoms with Gasteiger partial charge in [0.05, 0.1) is 5.69 Å². The van der Waals surface area contributed by atoms with E-state index in [9.17, 15) is 4.39 Å². The number of piperidine rings is 1. The fraction of sp³-hybridized carbons (Fsp3) is 0.550. The van der Waals surface area contributed by atoms with Crippen molar-refractivity contribution >= 4 is 35.6 Å². The monoisotopic (exact) mass is 515 g/mol. The van der Waals surface area contributed by atoms with Crippen molar-refractivity contribution in [2.24, 2.45) is 12.0 Å². The Kier molecular flexibility index (Phi) is 8.66. The summed E-state index contributed by atoms with van der Waals surface area (Å²) in [5.41, 5.74) is 1.75. The number of guanidine groups is 1. The van der Waals surface area contributed by atoms with Crippen LogP contribution in [0.5, 0.6) is 0 Å². The Morgan fingerprint density at radius 2 is 2.10 bits per heavy atom. The van der Waals surface area contributed by atoms with Gasteiger partial charge >= 0.3 is 0 Å². The lowest BCUT2D eigenvalue weighted by atomic mass is 10.0. The van der Waals surface area contributed by atoms with E-state index in [4.69, 9.17) is 0 Å². The van der Waals surface area contributed by atoms with Crippen LogP contribution >= 0.6 is 24.0 Å². The van der Waals surface area contributed by atoms with Crippen molar-refractivity contribution in [1.29, 1.82) is 0 Å². The van der Waals surface area contributed by atoms with Gasteiger partial charge in [-0.05, 0) is 51.3 Å². The molecule has 0 saturated carbocycles. The molecule has 1 fully saturated rings. The molecule has 1 aliphatic rings. The van der Waals surface area contributed by atoms with Crippen LogP contribution in [-0.2, 0) is 13.6 Å². The average molecular weight is 515 g/mol. The number of nitrogens with one attached hydrogen (secondary N) is 2. The minimum atomic E-state index is -0.163. The van der Waals surface area contributed by atoms with Crippen LogP contribution in [0, 0.1) is 19.7 Å². The van der Waals surface area contributed by atoms with Crippen molar-refractivity contribution in [2.75, 3.05) is 24.5 Å². The van der Waals surface area contributed by atoms with Crippen molar-refractivity contribution in [3.05, 3.63) is 41.2 Å². The third kappa shape index (κ3) is 6.03. The number of halogens is 2. The Hall–Kier alpha value is -1.91. The SMILES string of the molecule is CCNC(=NCc1nnc(C)n1C)NC1CCCN(c2cc(C)ccc2F)C1.I. The van der Waals surface area contributed by atoms with E-state index < -0.39 is 0 Å². The highest BCUT2D eigenvalue weighted by molar-refractivity contribution is 14.0. The topological polar surface area (TPSA) is 70.4 Å². The zero-order valence-corrected chi connectivity index (χ0v) is 19.9. The number of aromatic nitrogens is 3. The maximum Gasteiger partial charge on any atom is 0.191 e. The van der Waals surface area contributed by atoms with Gasteiger partial charge in [-0.25, -0.2) is 9.38 Å².